The van der Waals surface area contributed by atoms with Gasteiger partial charge in [0.15, 0.2) is 28.7 Å². The summed E-state index contributed by atoms with van der Waals surface area (Å²) in [5.41, 5.74) is 0.726. The van der Waals surface area contributed by atoms with Crippen molar-refractivity contribution in [1.82, 2.24) is 15.2 Å². The molecule has 13 heteroatoms. The van der Waals surface area contributed by atoms with Crippen LogP contribution >= 0.6 is 11.3 Å². The fraction of sp³-hybridized carbons (Fsp3) is 0.391. The van der Waals surface area contributed by atoms with Crippen LogP contribution in [0, 0.1) is 18.6 Å². The lowest BCUT2D eigenvalue weighted by Gasteiger charge is -2.36. The van der Waals surface area contributed by atoms with Gasteiger partial charge in [0.05, 0.1) is 25.4 Å². The van der Waals surface area contributed by atoms with Gasteiger partial charge in [-0.3, -0.25) is 9.89 Å². The van der Waals surface area contributed by atoms with Crippen LogP contribution in [0.15, 0.2) is 40.0 Å². The topological polar surface area (TPSA) is 123 Å². The Labute approximate surface area is 209 Å². The first-order valence-corrected chi connectivity index (χ1v) is 12.0. The number of carbonyl (C=O) groups excluding carboxylic acids is 1. The van der Waals surface area contributed by atoms with Gasteiger partial charge in [-0.15, -0.1) is 11.3 Å². The monoisotopic (exact) mass is 522 g/mol. The number of nitrogens with zero attached hydrogens (tertiary/aromatic N) is 3. The van der Waals surface area contributed by atoms with Crippen molar-refractivity contribution in [2.45, 2.75) is 26.1 Å². The second-order valence-electron chi connectivity index (χ2n) is 7.91. The van der Waals surface area contributed by atoms with Gasteiger partial charge in [-0.2, -0.15) is 0 Å². The number of thiazole rings is 1. The quantitative estimate of drug-likeness (QED) is 0.529. The summed E-state index contributed by atoms with van der Waals surface area (Å²) < 4.78 is 44.1. The first-order chi connectivity index (χ1) is 17.3. The molecule has 1 saturated heterocycles. The zero-order valence-corrected chi connectivity index (χ0v) is 20.3. The summed E-state index contributed by atoms with van der Waals surface area (Å²) in [7, 11) is 0. The molecule has 0 amide bonds. The molecule has 1 aromatic heterocycles. The number of nitrogens with one attached hydrogen (secondary N) is 1. The lowest BCUT2D eigenvalue weighted by molar-refractivity contribution is -0.139. The van der Waals surface area contributed by atoms with E-state index in [1.165, 1.54) is 24.3 Å². The molecule has 2 atom stereocenters. The van der Waals surface area contributed by atoms with Crippen molar-refractivity contribution in [3.05, 3.63) is 62.7 Å². The first-order valence-electron chi connectivity index (χ1n) is 11.1. The lowest BCUT2D eigenvalue weighted by Crippen LogP contribution is -2.50. The number of hydrogen-bond donors (Lipinski definition) is 2. The van der Waals surface area contributed by atoms with E-state index in [0.717, 1.165) is 6.07 Å². The van der Waals surface area contributed by atoms with E-state index in [0.29, 0.717) is 29.7 Å². The third-order valence-electron chi connectivity index (χ3n) is 5.72. The highest BCUT2D eigenvalue weighted by molar-refractivity contribution is 7.11. The Kier molecular flexibility index (Phi) is 7.91. The van der Waals surface area contributed by atoms with Gasteiger partial charge < -0.3 is 24.6 Å². The van der Waals surface area contributed by atoms with Gasteiger partial charge in [0.2, 0.25) is 0 Å². The molecule has 0 spiro atoms. The minimum Gasteiger partial charge on any atom is -0.463 e. The van der Waals surface area contributed by atoms with Gasteiger partial charge >= 0.3 is 12.1 Å². The van der Waals surface area contributed by atoms with Crippen LogP contribution in [-0.4, -0.2) is 72.1 Å². The molecule has 0 aliphatic carbocycles. The van der Waals surface area contributed by atoms with E-state index >= 15 is 0 Å². The van der Waals surface area contributed by atoms with E-state index in [1.807, 2.05) is 0 Å². The first kappa shape index (κ1) is 25.7. The number of esters is 1. The van der Waals surface area contributed by atoms with Crippen LogP contribution in [0.4, 0.5) is 13.6 Å². The number of carboxylic acid groups (broad SMARTS) is 1. The fourth-order valence-corrected chi connectivity index (χ4v) is 4.62. The Morgan fingerprint density at radius 2 is 2.17 bits per heavy atom. The SMILES string of the molecule is CCOC(=O)C1=C(CN2CCOC[C@@H]2OC(=O)O)NC(c2nccs2)=N[C@H]1c1ccc(F)c(F)c1C. The van der Waals surface area contributed by atoms with E-state index in [2.05, 4.69) is 15.3 Å². The van der Waals surface area contributed by atoms with E-state index < -0.39 is 36.0 Å². The van der Waals surface area contributed by atoms with E-state index in [9.17, 15) is 18.4 Å². The van der Waals surface area contributed by atoms with E-state index in [4.69, 9.17) is 19.3 Å². The summed E-state index contributed by atoms with van der Waals surface area (Å²) in [5, 5.41) is 14.5. The van der Waals surface area contributed by atoms with Crippen LogP contribution in [0.1, 0.15) is 29.1 Å². The molecule has 1 aromatic carbocycles. The highest BCUT2D eigenvalue weighted by atomic mass is 32.1. The Morgan fingerprint density at radius 3 is 2.86 bits per heavy atom. The molecular formula is C23H24F2N4O6S. The normalized spacial score (nSPS) is 20.5. The summed E-state index contributed by atoms with van der Waals surface area (Å²) >= 11 is 1.30. The number of benzene rings is 1. The third-order valence-corrected chi connectivity index (χ3v) is 6.50. The molecule has 0 unspecified atom stereocenters. The Hall–Kier alpha value is -3.42. The van der Waals surface area contributed by atoms with Crippen LogP contribution < -0.4 is 5.32 Å². The minimum absolute atomic E-state index is 0.00347. The van der Waals surface area contributed by atoms with Crippen molar-refractivity contribution in [2.75, 3.05) is 32.9 Å². The predicted molar refractivity (Wildman–Crippen MR) is 125 cm³/mol. The number of morpholine rings is 1. The number of aliphatic imine (C=N–C) groups is 1. The average molecular weight is 523 g/mol. The minimum atomic E-state index is -1.47. The van der Waals surface area contributed by atoms with Crippen LogP contribution in [0.25, 0.3) is 0 Å². The maximum atomic E-state index is 14.6. The largest absolute Gasteiger partial charge is 0.507 e. The molecular weight excluding hydrogens is 498 g/mol. The second kappa shape index (κ2) is 11.1. The lowest BCUT2D eigenvalue weighted by atomic mass is 9.92. The van der Waals surface area contributed by atoms with Crippen molar-refractivity contribution < 1.29 is 37.7 Å². The average Bonchev–Trinajstić information content (AvgIpc) is 3.38. The number of hydrogen-bond acceptors (Lipinski definition) is 10. The van der Waals surface area contributed by atoms with Gasteiger partial charge in [-0.25, -0.2) is 23.4 Å². The summed E-state index contributed by atoms with van der Waals surface area (Å²) in [4.78, 5) is 35.0. The van der Waals surface area contributed by atoms with Crippen molar-refractivity contribution in [1.29, 1.82) is 0 Å². The molecule has 10 nitrogen and oxygen atoms in total. The zero-order valence-electron chi connectivity index (χ0n) is 19.5. The fourth-order valence-electron chi connectivity index (χ4n) is 4.03. The van der Waals surface area contributed by atoms with Crippen LogP contribution in [0.3, 0.4) is 0 Å². The van der Waals surface area contributed by atoms with Gasteiger partial charge in [0, 0.05) is 30.4 Å². The van der Waals surface area contributed by atoms with E-state index in [1.54, 1.807) is 23.4 Å². The smallest absolute Gasteiger partial charge is 0.463 e. The van der Waals surface area contributed by atoms with Gasteiger partial charge in [-0.05, 0) is 31.0 Å². The Balaban J connectivity index is 1.83. The Morgan fingerprint density at radius 1 is 1.36 bits per heavy atom. The summed E-state index contributed by atoms with van der Waals surface area (Å²) in [6.45, 7) is 3.82. The summed E-state index contributed by atoms with van der Waals surface area (Å²) in [6, 6.07) is 1.34. The number of rotatable bonds is 7. The van der Waals surface area contributed by atoms with Crippen molar-refractivity contribution in [3.63, 3.8) is 0 Å². The maximum absolute atomic E-state index is 14.6. The summed E-state index contributed by atoms with van der Waals surface area (Å²) in [6.07, 6.45) is -0.794. The third kappa shape index (κ3) is 5.37. The molecule has 0 bridgehead atoms. The number of amidine groups is 1. The Bertz CT molecular complexity index is 1200. The molecule has 2 aromatic rings. The summed E-state index contributed by atoms with van der Waals surface area (Å²) in [5.74, 6) is -2.42. The van der Waals surface area contributed by atoms with Crippen LogP contribution in [0.2, 0.25) is 0 Å². The molecule has 36 heavy (non-hydrogen) atoms. The standard InChI is InChI=1S/C23H24F2N4O6S/c1-3-34-22(30)17-15(10-29-7-8-33-11-16(29)35-23(31)32)27-20(21-26-6-9-36-21)28-19(17)13-4-5-14(24)18(25)12(13)2/h4-6,9,16,19H,3,7-8,10-11H2,1-2H3,(H,27,28)(H,31,32)/t16-,19-/m0/s1. The molecule has 192 valence electrons. The predicted octanol–water partition coefficient (Wildman–Crippen LogP) is 2.99. The van der Waals surface area contributed by atoms with E-state index in [-0.39, 0.29) is 36.5 Å². The molecule has 3 heterocycles. The molecule has 0 saturated carbocycles. The van der Waals surface area contributed by atoms with Crippen molar-refractivity contribution in [3.8, 4) is 0 Å². The van der Waals surface area contributed by atoms with Crippen molar-refractivity contribution >= 4 is 29.3 Å². The number of carbonyl (C=O) groups is 2. The molecule has 2 aliphatic rings. The number of halogens is 2. The molecule has 1 fully saturated rings. The molecule has 0 radical (unpaired) electrons. The molecule has 2 N–H and O–H groups in total. The molecule has 2 aliphatic heterocycles. The van der Waals surface area contributed by atoms with Crippen LogP contribution in [0.5, 0.6) is 0 Å². The second-order valence-corrected chi connectivity index (χ2v) is 8.81. The molecule has 4 rings (SSSR count). The number of ether oxygens (including phenoxy) is 3. The number of aromatic nitrogens is 1. The van der Waals surface area contributed by atoms with Crippen molar-refractivity contribution in [2.24, 2.45) is 4.99 Å². The highest BCUT2D eigenvalue weighted by Crippen LogP contribution is 2.36. The van der Waals surface area contributed by atoms with Crippen LogP contribution in [-0.2, 0) is 19.0 Å². The van der Waals surface area contributed by atoms with Gasteiger partial charge in [0.25, 0.3) is 0 Å². The van der Waals surface area contributed by atoms with Gasteiger partial charge in [0.1, 0.15) is 6.04 Å². The zero-order chi connectivity index (χ0) is 25.8. The highest BCUT2D eigenvalue weighted by Gasteiger charge is 2.36. The van der Waals surface area contributed by atoms with Gasteiger partial charge in [-0.1, -0.05) is 6.07 Å². The maximum Gasteiger partial charge on any atom is 0.507 e.